The van der Waals surface area contributed by atoms with Crippen LogP contribution in [0.1, 0.15) is 31.4 Å². The van der Waals surface area contributed by atoms with Gasteiger partial charge < -0.3 is 5.32 Å². The number of halogens is 1. The van der Waals surface area contributed by atoms with E-state index in [1.54, 1.807) is 12.3 Å². The van der Waals surface area contributed by atoms with Gasteiger partial charge in [-0.2, -0.15) is 0 Å². The van der Waals surface area contributed by atoms with Crippen molar-refractivity contribution in [3.63, 3.8) is 0 Å². The molecule has 0 saturated heterocycles. The van der Waals surface area contributed by atoms with Crippen LogP contribution in [0, 0.1) is 11.7 Å². The maximum Gasteiger partial charge on any atom is 0.141 e. The zero-order valence-electron chi connectivity index (χ0n) is 8.33. The first-order valence-corrected chi connectivity index (χ1v) is 5.15. The van der Waals surface area contributed by atoms with Crippen molar-refractivity contribution in [3.8, 4) is 0 Å². The second kappa shape index (κ2) is 4.05. The predicted molar refractivity (Wildman–Crippen MR) is 53.3 cm³/mol. The van der Waals surface area contributed by atoms with Crippen molar-refractivity contribution < 1.29 is 4.39 Å². The number of hydrogen-bond acceptors (Lipinski definition) is 2. The van der Waals surface area contributed by atoms with Crippen LogP contribution in [0.3, 0.4) is 0 Å². The molecule has 1 unspecified atom stereocenters. The van der Waals surface area contributed by atoms with Crippen molar-refractivity contribution in [2.24, 2.45) is 5.92 Å². The summed E-state index contributed by atoms with van der Waals surface area (Å²) in [6.07, 6.45) is 5.50. The molecule has 0 spiro atoms. The third kappa shape index (κ3) is 2.10. The van der Waals surface area contributed by atoms with Crippen LogP contribution in [0.5, 0.6) is 0 Å². The van der Waals surface area contributed by atoms with E-state index >= 15 is 0 Å². The van der Waals surface area contributed by atoms with Gasteiger partial charge in [-0.05, 0) is 36.9 Å². The lowest BCUT2D eigenvalue weighted by Crippen LogP contribution is -2.22. The highest BCUT2D eigenvalue weighted by Gasteiger charge is 2.31. The van der Waals surface area contributed by atoms with Crippen LogP contribution in [0.4, 0.5) is 4.39 Å². The van der Waals surface area contributed by atoms with Gasteiger partial charge in [-0.15, -0.1) is 0 Å². The largest absolute Gasteiger partial charge is 0.310 e. The summed E-state index contributed by atoms with van der Waals surface area (Å²) in [5.41, 5.74) is 0.981. The van der Waals surface area contributed by atoms with E-state index in [0.717, 1.165) is 12.1 Å². The van der Waals surface area contributed by atoms with E-state index in [9.17, 15) is 4.39 Å². The van der Waals surface area contributed by atoms with Crippen molar-refractivity contribution >= 4 is 0 Å². The van der Waals surface area contributed by atoms with Crippen LogP contribution < -0.4 is 5.32 Å². The van der Waals surface area contributed by atoms with Gasteiger partial charge in [0.15, 0.2) is 0 Å². The Morgan fingerprint density at radius 2 is 2.36 bits per heavy atom. The molecule has 1 aromatic heterocycles. The zero-order valence-corrected chi connectivity index (χ0v) is 8.33. The van der Waals surface area contributed by atoms with E-state index in [1.165, 1.54) is 19.0 Å². The quantitative estimate of drug-likeness (QED) is 0.795. The lowest BCUT2D eigenvalue weighted by atomic mass is 10.0. The summed E-state index contributed by atoms with van der Waals surface area (Å²) in [5.74, 6) is 0.435. The molecule has 1 N–H and O–H groups in total. The Labute approximate surface area is 83.6 Å². The Bertz CT molecular complexity index is 310. The number of hydrogen-bond donors (Lipinski definition) is 1. The fourth-order valence-corrected chi connectivity index (χ4v) is 1.80. The smallest absolute Gasteiger partial charge is 0.141 e. The van der Waals surface area contributed by atoms with Gasteiger partial charge in [-0.3, -0.25) is 4.98 Å². The Kier molecular flexibility index (Phi) is 2.77. The molecule has 1 aliphatic carbocycles. The Balaban J connectivity index is 2.16. The van der Waals surface area contributed by atoms with Crippen molar-refractivity contribution in [1.29, 1.82) is 0 Å². The number of rotatable bonds is 4. The van der Waals surface area contributed by atoms with E-state index in [2.05, 4.69) is 17.2 Å². The summed E-state index contributed by atoms with van der Waals surface area (Å²) >= 11 is 0. The molecule has 1 saturated carbocycles. The molecule has 1 aromatic rings. The number of nitrogens with zero attached hydrogens (tertiary/aromatic N) is 1. The van der Waals surface area contributed by atoms with E-state index in [0.29, 0.717) is 12.0 Å². The molecule has 2 nitrogen and oxygen atoms in total. The molecular weight excluding hydrogens is 179 g/mol. The highest BCUT2D eigenvalue weighted by Crippen LogP contribution is 2.40. The van der Waals surface area contributed by atoms with E-state index in [4.69, 9.17) is 0 Å². The molecule has 1 fully saturated rings. The maximum absolute atomic E-state index is 13.0. The molecular formula is C11H15FN2. The first-order chi connectivity index (χ1) is 6.81. The third-order valence-electron chi connectivity index (χ3n) is 2.60. The summed E-state index contributed by atoms with van der Waals surface area (Å²) < 4.78 is 13.0. The van der Waals surface area contributed by atoms with Crippen molar-refractivity contribution in [2.75, 3.05) is 6.54 Å². The predicted octanol–water partition coefficient (Wildman–Crippen LogP) is 2.28. The van der Waals surface area contributed by atoms with Crippen LogP contribution in [0.15, 0.2) is 18.5 Å². The zero-order chi connectivity index (χ0) is 9.97. The lowest BCUT2D eigenvalue weighted by Gasteiger charge is -2.16. The van der Waals surface area contributed by atoms with Gasteiger partial charge in [-0.1, -0.05) is 6.92 Å². The molecule has 0 radical (unpaired) electrons. The number of pyridine rings is 1. The van der Waals surface area contributed by atoms with Gasteiger partial charge in [-0.25, -0.2) is 4.39 Å². The molecule has 0 amide bonds. The second-order valence-electron chi connectivity index (χ2n) is 3.81. The first-order valence-electron chi connectivity index (χ1n) is 5.15. The SMILES string of the molecule is CCNC(c1cncc(F)c1)C1CC1. The molecule has 1 aliphatic rings. The molecule has 0 bridgehead atoms. The Morgan fingerprint density at radius 3 is 2.93 bits per heavy atom. The first kappa shape index (κ1) is 9.59. The standard InChI is InChI=1S/C11H15FN2/c1-2-14-11(8-3-4-8)9-5-10(12)7-13-6-9/h5-8,11,14H,2-4H2,1H3. The summed E-state index contributed by atoms with van der Waals surface area (Å²) in [6.45, 7) is 2.99. The topological polar surface area (TPSA) is 24.9 Å². The summed E-state index contributed by atoms with van der Waals surface area (Å²) in [4.78, 5) is 3.88. The molecule has 14 heavy (non-hydrogen) atoms. The summed E-state index contributed by atoms with van der Waals surface area (Å²) in [7, 11) is 0. The van der Waals surface area contributed by atoms with Crippen LogP contribution in [-0.2, 0) is 0 Å². The van der Waals surface area contributed by atoms with Crippen LogP contribution >= 0.6 is 0 Å². The van der Waals surface area contributed by atoms with Crippen LogP contribution in [-0.4, -0.2) is 11.5 Å². The van der Waals surface area contributed by atoms with Gasteiger partial charge in [0.1, 0.15) is 5.82 Å². The molecule has 1 heterocycles. The van der Waals surface area contributed by atoms with Gasteiger partial charge in [0.05, 0.1) is 6.20 Å². The van der Waals surface area contributed by atoms with Crippen molar-refractivity contribution in [3.05, 3.63) is 29.8 Å². The average Bonchev–Trinajstić information content (AvgIpc) is 2.97. The molecule has 0 aromatic carbocycles. The highest BCUT2D eigenvalue weighted by atomic mass is 19.1. The summed E-state index contributed by atoms with van der Waals surface area (Å²) in [6, 6.07) is 1.88. The van der Waals surface area contributed by atoms with E-state index in [-0.39, 0.29) is 5.82 Å². The number of nitrogens with one attached hydrogen (secondary N) is 1. The Hall–Kier alpha value is -0.960. The molecule has 0 aliphatic heterocycles. The molecule has 1 atom stereocenters. The van der Waals surface area contributed by atoms with E-state index < -0.39 is 0 Å². The normalized spacial score (nSPS) is 18.1. The van der Waals surface area contributed by atoms with Gasteiger partial charge in [0.2, 0.25) is 0 Å². The highest BCUT2D eigenvalue weighted by molar-refractivity contribution is 5.17. The maximum atomic E-state index is 13.0. The van der Waals surface area contributed by atoms with Gasteiger partial charge in [0.25, 0.3) is 0 Å². The van der Waals surface area contributed by atoms with Gasteiger partial charge >= 0.3 is 0 Å². The third-order valence-corrected chi connectivity index (χ3v) is 2.60. The van der Waals surface area contributed by atoms with Crippen molar-refractivity contribution in [1.82, 2.24) is 10.3 Å². The monoisotopic (exact) mass is 194 g/mol. The lowest BCUT2D eigenvalue weighted by molar-refractivity contribution is 0.490. The van der Waals surface area contributed by atoms with E-state index in [1.807, 2.05) is 0 Å². The fourth-order valence-electron chi connectivity index (χ4n) is 1.80. The number of aromatic nitrogens is 1. The molecule has 3 heteroatoms. The minimum atomic E-state index is -0.244. The van der Waals surface area contributed by atoms with Crippen LogP contribution in [0.25, 0.3) is 0 Å². The second-order valence-corrected chi connectivity index (χ2v) is 3.81. The fraction of sp³-hybridized carbons (Fsp3) is 0.545. The summed E-state index contributed by atoms with van der Waals surface area (Å²) in [5, 5.41) is 3.38. The molecule has 2 rings (SSSR count). The molecule has 76 valence electrons. The minimum Gasteiger partial charge on any atom is -0.310 e. The van der Waals surface area contributed by atoms with Gasteiger partial charge in [0, 0.05) is 12.2 Å². The van der Waals surface area contributed by atoms with Crippen LogP contribution in [0.2, 0.25) is 0 Å². The average molecular weight is 194 g/mol. The van der Waals surface area contributed by atoms with Crippen molar-refractivity contribution in [2.45, 2.75) is 25.8 Å². The minimum absolute atomic E-state index is 0.244. The Morgan fingerprint density at radius 1 is 1.57 bits per heavy atom.